The number of nitrogens with two attached hydrogens (primary N) is 1. The summed E-state index contributed by atoms with van der Waals surface area (Å²) >= 11 is 0. The second-order valence-electron chi connectivity index (χ2n) is 4.62. The fourth-order valence-electron chi connectivity index (χ4n) is 1.65. The molecule has 0 saturated heterocycles. The van der Waals surface area contributed by atoms with Gasteiger partial charge < -0.3 is 25.1 Å². The second-order valence-corrected chi connectivity index (χ2v) is 4.62. The Morgan fingerprint density at radius 1 is 1.15 bits per heavy atom. The molecule has 0 aliphatic heterocycles. The zero-order valence-electron chi connectivity index (χ0n) is 12.2. The zero-order chi connectivity index (χ0) is 14.8. The summed E-state index contributed by atoms with van der Waals surface area (Å²) < 4.78 is 15.6. The summed E-state index contributed by atoms with van der Waals surface area (Å²) in [6, 6.07) is 7.69. The van der Waals surface area contributed by atoms with Gasteiger partial charge >= 0.3 is 0 Å². The van der Waals surface area contributed by atoms with Crippen molar-refractivity contribution >= 4 is 0 Å². The maximum absolute atomic E-state index is 9.68. The number of aliphatic hydroxyl groups excluding tert-OH is 1. The highest BCUT2D eigenvalue weighted by atomic mass is 16.5. The Hall–Kier alpha value is -1.14. The van der Waals surface area contributed by atoms with Gasteiger partial charge in [0, 0.05) is 13.2 Å². The Balaban J connectivity index is 2.27. The van der Waals surface area contributed by atoms with Gasteiger partial charge in [0.25, 0.3) is 0 Å². The smallest absolute Gasteiger partial charge is 0.119 e. The summed E-state index contributed by atoms with van der Waals surface area (Å²) in [6.07, 6.45) is 0.252. The zero-order valence-corrected chi connectivity index (χ0v) is 12.2. The number of rotatable bonds is 10. The molecule has 114 valence electrons. The van der Waals surface area contributed by atoms with Gasteiger partial charge in [0.2, 0.25) is 0 Å². The van der Waals surface area contributed by atoms with Gasteiger partial charge in [0.05, 0.1) is 19.8 Å². The molecule has 5 nitrogen and oxygen atoms in total. The molecule has 1 rings (SSSR count). The molecule has 0 fully saturated rings. The summed E-state index contributed by atoms with van der Waals surface area (Å²) in [5.74, 6) is 0.716. The molecule has 2 atom stereocenters. The van der Waals surface area contributed by atoms with Gasteiger partial charge in [-0.25, -0.2) is 0 Å². The van der Waals surface area contributed by atoms with Crippen LogP contribution < -0.4 is 10.5 Å². The van der Waals surface area contributed by atoms with Crippen LogP contribution in [0.4, 0.5) is 0 Å². The lowest BCUT2D eigenvalue weighted by Gasteiger charge is -2.14. The summed E-state index contributed by atoms with van der Waals surface area (Å²) in [5, 5.41) is 9.68. The number of methoxy groups -OCH3 is 1. The van der Waals surface area contributed by atoms with Crippen LogP contribution in [-0.4, -0.2) is 44.7 Å². The Morgan fingerprint density at radius 2 is 1.85 bits per heavy atom. The molecule has 0 aliphatic carbocycles. The molecule has 1 aromatic rings. The van der Waals surface area contributed by atoms with Crippen LogP contribution in [0.5, 0.6) is 5.75 Å². The lowest BCUT2D eigenvalue weighted by atomic mass is 10.1. The number of ether oxygens (including phenoxy) is 3. The molecule has 0 aliphatic rings. The van der Waals surface area contributed by atoms with E-state index < -0.39 is 6.10 Å². The van der Waals surface area contributed by atoms with Crippen molar-refractivity contribution in [2.75, 3.05) is 33.5 Å². The predicted octanol–water partition coefficient (Wildman–Crippen LogP) is 1.50. The third-order valence-electron chi connectivity index (χ3n) is 2.93. The van der Waals surface area contributed by atoms with Crippen LogP contribution in [0.1, 0.15) is 24.9 Å². The van der Waals surface area contributed by atoms with Crippen molar-refractivity contribution in [3.05, 3.63) is 29.8 Å². The SMILES string of the molecule is CC[C@@H](N)c1ccc(OCC(O)COCCOC)cc1. The molecule has 3 N–H and O–H groups in total. The third kappa shape index (κ3) is 6.34. The van der Waals surface area contributed by atoms with Gasteiger partial charge in [-0.1, -0.05) is 19.1 Å². The maximum atomic E-state index is 9.68. The van der Waals surface area contributed by atoms with Crippen molar-refractivity contribution < 1.29 is 19.3 Å². The molecule has 1 aromatic carbocycles. The molecule has 0 aromatic heterocycles. The van der Waals surface area contributed by atoms with Crippen molar-refractivity contribution in [3.63, 3.8) is 0 Å². The van der Waals surface area contributed by atoms with Gasteiger partial charge in [-0.3, -0.25) is 0 Å². The molecule has 0 bridgehead atoms. The van der Waals surface area contributed by atoms with E-state index in [0.717, 1.165) is 12.0 Å². The quantitative estimate of drug-likeness (QED) is 0.637. The van der Waals surface area contributed by atoms with E-state index in [-0.39, 0.29) is 19.3 Å². The first-order valence-corrected chi connectivity index (χ1v) is 6.90. The maximum Gasteiger partial charge on any atom is 0.119 e. The Kier molecular flexibility index (Phi) is 8.22. The summed E-state index contributed by atoms with van der Waals surface area (Å²) in [4.78, 5) is 0. The fraction of sp³-hybridized carbons (Fsp3) is 0.600. The first kappa shape index (κ1) is 16.9. The van der Waals surface area contributed by atoms with Gasteiger partial charge in [0.1, 0.15) is 18.5 Å². The van der Waals surface area contributed by atoms with E-state index in [1.165, 1.54) is 0 Å². The van der Waals surface area contributed by atoms with E-state index in [9.17, 15) is 5.11 Å². The van der Waals surface area contributed by atoms with Crippen LogP contribution in [0, 0.1) is 0 Å². The van der Waals surface area contributed by atoms with E-state index in [2.05, 4.69) is 6.92 Å². The van der Waals surface area contributed by atoms with E-state index in [1.807, 2.05) is 24.3 Å². The Morgan fingerprint density at radius 3 is 2.45 bits per heavy atom. The number of hydrogen-bond donors (Lipinski definition) is 2. The first-order valence-electron chi connectivity index (χ1n) is 6.90. The molecule has 1 unspecified atom stereocenters. The van der Waals surface area contributed by atoms with E-state index in [4.69, 9.17) is 19.9 Å². The molecule has 5 heteroatoms. The second kappa shape index (κ2) is 9.72. The van der Waals surface area contributed by atoms with Crippen molar-refractivity contribution in [1.29, 1.82) is 0 Å². The minimum absolute atomic E-state index is 0.0591. The molecule has 0 saturated carbocycles. The molecule has 0 heterocycles. The largest absolute Gasteiger partial charge is 0.491 e. The van der Waals surface area contributed by atoms with Gasteiger partial charge in [-0.2, -0.15) is 0 Å². The van der Waals surface area contributed by atoms with Crippen LogP contribution in [0.25, 0.3) is 0 Å². The summed E-state index contributed by atoms with van der Waals surface area (Å²) in [7, 11) is 1.61. The van der Waals surface area contributed by atoms with Crippen molar-refractivity contribution in [2.24, 2.45) is 5.73 Å². The summed E-state index contributed by atoms with van der Waals surface area (Å²) in [6.45, 7) is 3.48. The number of benzene rings is 1. The van der Waals surface area contributed by atoms with E-state index >= 15 is 0 Å². The summed E-state index contributed by atoms with van der Waals surface area (Å²) in [5.41, 5.74) is 7.02. The average molecular weight is 283 g/mol. The lowest BCUT2D eigenvalue weighted by molar-refractivity contribution is -0.00419. The van der Waals surface area contributed by atoms with Crippen LogP contribution in [0.3, 0.4) is 0 Å². The highest BCUT2D eigenvalue weighted by molar-refractivity contribution is 5.28. The molecular formula is C15H25NO4. The fourth-order valence-corrected chi connectivity index (χ4v) is 1.65. The van der Waals surface area contributed by atoms with Crippen LogP contribution in [-0.2, 0) is 9.47 Å². The molecule has 20 heavy (non-hydrogen) atoms. The standard InChI is InChI=1S/C15H25NO4/c1-3-15(16)12-4-6-14(7-5-12)20-11-13(17)10-19-9-8-18-2/h4-7,13,15,17H,3,8-11,16H2,1-2H3/t13?,15-/m1/s1. The van der Waals surface area contributed by atoms with Crippen LogP contribution in [0.2, 0.25) is 0 Å². The molecule has 0 amide bonds. The van der Waals surface area contributed by atoms with Crippen molar-refractivity contribution in [2.45, 2.75) is 25.5 Å². The molecule has 0 radical (unpaired) electrons. The third-order valence-corrected chi connectivity index (χ3v) is 2.93. The van der Waals surface area contributed by atoms with Gasteiger partial charge in [0.15, 0.2) is 0 Å². The van der Waals surface area contributed by atoms with Gasteiger partial charge in [-0.15, -0.1) is 0 Å². The van der Waals surface area contributed by atoms with E-state index in [1.54, 1.807) is 7.11 Å². The molecular weight excluding hydrogens is 258 g/mol. The minimum atomic E-state index is -0.649. The Labute approximate surface area is 120 Å². The highest BCUT2D eigenvalue weighted by Crippen LogP contribution is 2.18. The van der Waals surface area contributed by atoms with Crippen LogP contribution >= 0.6 is 0 Å². The monoisotopic (exact) mass is 283 g/mol. The first-order chi connectivity index (χ1) is 9.67. The Bertz CT molecular complexity index is 355. The normalized spacial score (nSPS) is 14.0. The van der Waals surface area contributed by atoms with Crippen LogP contribution in [0.15, 0.2) is 24.3 Å². The predicted molar refractivity (Wildman–Crippen MR) is 77.9 cm³/mol. The lowest BCUT2D eigenvalue weighted by Crippen LogP contribution is -2.24. The van der Waals surface area contributed by atoms with E-state index in [0.29, 0.717) is 19.0 Å². The topological polar surface area (TPSA) is 73.9 Å². The average Bonchev–Trinajstić information content (AvgIpc) is 2.49. The van der Waals surface area contributed by atoms with Crippen molar-refractivity contribution in [1.82, 2.24) is 0 Å². The highest BCUT2D eigenvalue weighted by Gasteiger charge is 2.07. The van der Waals surface area contributed by atoms with Gasteiger partial charge in [-0.05, 0) is 24.1 Å². The minimum Gasteiger partial charge on any atom is -0.491 e. The number of aliphatic hydroxyl groups is 1. The molecule has 0 spiro atoms. The number of hydrogen-bond acceptors (Lipinski definition) is 5. The van der Waals surface area contributed by atoms with Crippen molar-refractivity contribution in [3.8, 4) is 5.75 Å².